The summed E-state index contributed by atoms with van der Waals surface area (Å²) in [6, 6.07) is 0. The Balaban J connectivity index is 1.77. The minimum Gasteiger partial charge on any atom is -0.367 e. The first-order chi connectivity index (χ1) is 8.97. The summed E-state index contributed by atoms with van der Waals surface area (Å²) in [6.45, 7) is 5.29. The highest BCUT2D eigenvalue weighted by atomic mass is 16.2. The summed E-state index contributed by atoms with van der Waals surface area (Å²) in [7, 11) is 2.13. The van der Waals surface area contributed by atoms with Crippen LogP contribution in [0.3, 0.4) is 0 Å². The van der Waals surface area contributed by atoms with Gasteiger partial charge in [0.05, 0.1) is 0 Å². The highest BCUT2D eigenvalue weighted by molar-refractivity contribution is 5.75. The maximum Gasteiger partial charge on any atom is 0.241 e. The van der Waals surface area contributed by atoms with E-state index in [1.807, 2.05) is 0 Å². The van der Waals surface area contributed by atoms with Crippen molar-refractivity contribution in [1.82, 2.24) is 25.0 Å². The first-order valence-corrected chi connectivity index (χ1v) is 6.57. The van der Waals surface area contributed by atoms with E-state index in [1.165, 1.54) is 11.0 Å². The van der Waals surface area contributed by atoms with Crippen LogP contribution in [0.4, 0.5) is 5.95 Å². The third-order valence-corrected chi connectivity index (χ3v) is 3.77. The number of carbonyl (C=O) groups excluding carboxylic acids is 1. The molecule has 1 fully saturated rings. The first-order valence-electron chi connectivity index (χ1n) is 6.57. The summed E-state index contributed by atoms with van der Waals surface area (Å²) in [4.78, 5) is 17.9. The molecular formula is C12H22N6O. The van der Waals surface area contributed by atoms with Crippen molar-refractivity contribution in [2.24, 2.45) is 5.41 Å². The molecule has 2 heterocycles. The number of amides is 1. The van der Waals surface area contributed by atoms with Gasteiger partial charge in [0.15, 0.2) is 0 Å². The second-order valence-corrected chi connectivity index (χ2v) is 5.69. The van der Waals surface area contributed by atoms with Crippen molar-refractivity contribution in [3.8, 4) is 0 Å². The molecule has 19 heavy (non-hydrogen) atoms. The number of likely N-dealkylation sites (tertiary alicyclic amines) is 1. The Labute approximate surface area is 113 Å². The molecule has 3 N–H and O–H groups in total. The van der Waals surface area contributed by atoms with Crippen LogP contribution in [0.15, 0.2) is 6.33 Å². The number of hydrogen-bond acceptors (Lipinski definition) is 5. The Morgan fingerprint density at radius 3 is 2.79 bits per heavy atom. The second-order valence-electron chi connectivity index (χ2n) is 5.69. The van der Waals surface area contributed by atoms with E-state index in [-0.39, 0.29) is 23.8 Å². The highest BCUT2D eigenvalue weighted by Crippen LogP contribution is 2.29. The van der Waals surface area contributed by atoms with Gasteiger partial charge < -0.3 is 16.0 Å². The molecule has 0 aromatic carbocycles. The van der Waals surface area contributed by atoms with Gasteiger partial charge in [-0.15, -0.1) is 5.10 Å². The van der Waals surface area contributed by atoms with Crippen LogP contribution in [-0.2, 0) is 11.3 Å². The third-order valence-electron chi connectivity index (χ3n) is 3.77. The lowest BCUT2D eigenvalue weighted by atomic mass is 9.80. The third kappa shape index (κ3) is 3.92. The molecule has 0 bridgehead atoms. The smallest absolute Gasteiger partial charge is 0.241 e. The van der Waals surface area contributed by atoms with Gasteiger partial charge in [-0.05, 0) is 38.4 Å². The minimum atomic E-state index is -0.0509. The molecule has 2 rings (SSSR count). The number of rotatable bonds is 4. The minimum absolute atomic E-state index is 0.0509. The van der Waals surface area contributed by atoms with Gasteiger partial charge in [-0.3, -0.25) is 4.79 Å². The van der Waals surface area contributed by atoms with Crippen LogP contribution in [0.1, 0.15) is 19.8 Å². The maximum absolute atomic E-state index is 11.8. The van der Waals surface area contributed by atoms with Crippen molar-refractivity contribution in [3.05, 3.63) is 6.33 Å². The van der Waals surface area contributed by atoms with Gasteiger partial charge in [0.25, 0.3) is 0 Å². The first kappa shape index (κ1) is 13.8. The van der Waals surface area contributed by atoms with Gasteiger partial charge in [0.2, 0.25) is 11.9 Å². The van der Waals surface area contributed by atoms with Crippen LogP contribution < -0.4 is 11.1 Å². The maximum atomic E-state index is 11.8. The average Bonchev–Trinajstić information content (AvgIpc) is 2.77. The molecule has 1 aliphatic rings. The Kier molecular flexibility index (Phi) is 4.04. The van der Waals surface area contributed by atoms with Gasteiger partial charge in [-0.25, -0.2) is 9.67 Å². The summed E-state index contributed by atoms with van der Waals surface area (Å²) in [5.74, 6) is 0.139. The zero-order valence-electron chi connectivity index (χ0n) is 11.6. The number of piperidine rings is 1. The summed E-state index contributed by atoms with van der Waals surface area (Å²) in [5, 5.41) is 6.87. The van der Waals surface area contributed by atoms with E-state index >= 15 is 0 Å². The van der Waals surface area contributed by atoms with Crippen LogP contribution in [0.25, 0.3) is 0 Å². The van der Waals surface area contributed by atoms with Crippen molar-refractivity contribution in [2.75, 3.05) is 32.4 Å². The zero-order chi connectivity index (χ0) is 13.9. The molecule has 0 unspecified atom stereocenters. The molecule has 0 saturated carbocycles. The van der Waals surface area contributed by atoms with Gasteiger partial charge in [-0.1, -0.05) is 6.92 Å². The van der Waals surface area contributed by atoms with Gasteiger partial charge in [-0.2, -0.15) is 0 Å². The summed E-state index contributed by atoms with van der Waals surface area (Å²) in [5.41, 5.74) is 5.60. The number of anilines is 1. The Morgan fingerprint density at radius 2 is 2.21 bits per heavy atom. The molecule has 0 aliphatic carbocycles. The molecule has 1 aromatic heterocycles. The van der Waals surface area contributed by atoms with Crippen LogP contribution in [0.2, 0.25) is 0 Å². The fourth-order valence-electron chi connectivity index (χ4n) is 2.24. The van der Waals surface area contributed by atoms with Crippen LogP contribution in [-0.4, -0.2) is 52.3 Å². The highest BCUT2D eigenvalue weighted by Gasteiger charge is 2.29. The van der Waals surface area contributed by atoms with Crippen molar-refractivity contribution in [1.29, 1.82) is 0 Å². The number of aromatic nitrogens is 3. The normalized spacial score (nSPS) is 19.3. The monoisotopic (exact) mass is 266 g/mol. The quantitative estimate of drug-likeness (QED) is 0.781. The Hall–Kier alpha value is -1.63. The Bertz CT molecular complexity index is 435. The van der Waals surface area contributed by atoms with Crippen molar-refractivity contribution < 1.29 is 4.79 Å². The van der Waals surface area contributed by atoms with Crippen LogP contribution >= 0.6 is 0 Å². The predicted octanol–water partition coefficient (Wildman–Crippen LogP) is -0.292. The number of nitrogens with two attached hydrogens (primary N) is 1. The van der Waals surface area contributed by atoms with E-state index in [1.54, 1.807) is 0 Å². The molecule has 1 amide bonds. The lowest BCUT2D eigenvalue weighted by Gasteiger charge is -2.37. The number of nitrogens with zero attached hydrogens (tertiary/aromatic N) is 4. The van der Waals surface area contributed by atoms with Gasteiger partial charge in [0, 0.05) is 6.54 Å². The van der Waals surface area contributed by atoms with E-state index < -0.39 is 0 Å². The SMILES string of the molecule is CN1CCC(C)(CNC(=O)Cn2cnc(N)n2)CC1. The topological polar surface area (TPSA) is 89.1 Å². The molecule has 0 radical (unpaired) electrons. The van der Waals surface area contributed by atoms with E-state index in [2.05, 4.69) is 34.3 Å². The largest absolute Gasteiger partial charge is 0.367 e. The number of carbonyl (C=O) groups is 1. The average molecular weight is 266 g/mol. The van der Waals surface area contributed by atoms with Crippen molar-refractivity contribution >= 4 is 11.9 Å². The van der Waals surface area contributed by atoms with Crippen LogP contribution in [0.5, 0.6) is 0 Å². The summed E-state index contributed by atoms with van der Waals surface area (Å²) >= 11 is 0. The number of nitrogens with one attached hydrogen (secondary N) is 1. The number of nitrogen functional groups attached to an aromatic ring is 1. The van der Waals surface area contributed by atoms with Crippen molar-refractivity contribution in [3.63, 3.8) is 0 Å². The zero-order valence-corrected chi connectivity index (χ0v) is 11.6. The molecule has 7 nitrogen and oxygen atoms in total. The van der Waals surface area contributed by atoms with Crippen LogP contribution in [0, 0.1) is 5.41 Å². The van der Waals surface area contributed by atoms with E-state index in [4.69, 9.17) is 5.73 Å². The fraction of sp³-hybridized carbons (Fsp3) is 0.750. The molecular weight excluding hydrogens is 244 g/mol. The number of hydrogen-bond donors (Lipinski definition) is 2. The Morgan fingerprint density at radius 1 is 1.53 bits per heavy atom. The molecule has 0 atom stereocenters. The molecule has 7 heteroatoms. The van der Waals surface area contributed by atoms with E-state index in [9.17, 15) is 4.79 Å². The molecule has 0 spiro atoms. The van der Waals surface area contributed by atoms with Crippen molar-refractivity contribution in [2.45, 2.75) is 26.3 Å². The summed E-state index contributed by atoms with van der Waals surface area (Å²) in [6.07, 6.45) is 3.69. The second kappa shape index (κ2) is 5.56. The van der Waals surface area contributed by atoms with E-state index in [0.29, 0.717) is 6.54 Å². The van der Waals surface area contributed by atoms with Gasteiger partial charge >= 0.3 is 0 Å². The summed E-state index contributed by atoms with van der Waals surface area (Å²) < 4.78 is 1.45. The fourth-order valence-corrected chi connectivity index (χ4v) is 2.24. The lowest BCUT2D eigenvalue weighted by Crippen LogP contribution is -2.44. The molecule has 1 aromatic rings. The molecule has 106 valence electrons. The molecule has 1 aliphatic heterocycles. The predicted molar refractivity (Wildman–Crippen MR) is 72.3 cm³/mol. The van der Waals surface area contributed by atoms with E-state index in [0.717, 1.165) is 25.9 Å². The lowest BCUT2D eigenvalue weighted by molar-refractivity contribution is -0.122. The standard InChI is InChI=1S/C12H22N6O/c1-12(3-5-17(2)6-4-12)8-14-10(19)7-18-9-15-11(13)16-18/h9H,3-8H2,1-2H3,(H2,13,16)(H,14,19). The van der Waals surface area contributed by atoms with Gasteiger partial charge in [0.1, 0.15) is 12.9 Å². The molecule has 1 saturated heterocycles.